The van der Waals surface area contributed by atoms with Crippen molar-refractivity contribution in [2.45, 2.75) is 58.4 Å². The monoisotopic (exact) mass is 415 g/mol. The quantitative estimate of drug-likeness (QED) is 0.370. The van der Waals surface area contributed by atoms with Gasteiger partial charge in [0.1, 0.15) is 0 Å². The molecule has 0 atom stereocenters. The van der Waals surface area contributed by atoms with E-state index in [1.54, 1.807) is 4.90 Å². The van der Waals surface area contributed by atoms with Crippen molar-refractivity contribution in [2.24, 2.45) is 4.99 Å². The summed E-state index contributed by atoms with van der Waals surface area (Å²) in [6.07, 6.45) is 4.17. The average molecular weight is 416 g/mol. The zero-order valence-corrected chi connectivity index (χ0v) is 19.6. The van der Waals surface area contributed by atoms with Crippen molar-refractivity contribution in [1.29, 1.82) is 0 Å². The number of nitrogens with one attached hydrogen (secondary N) is 2. The van der Waals surface area contributed by atoms with E-state index in [9.17, 15) is 4.79 Å². The van der Waals surface area contributed by atoms with Crippen molar-refractivity contribution >= 4 is 11.9 Å². The largest absolute Gasteiger partial charge is 0.357 e. The van der Waals surface area contributed by atoms with Gasteiger partial charge in [-0.2, -0.15) is 0 Å². The number of likely N-dealkylation sites (N-methyl/N-ethyl adjacent to an activating group) is 1. The van der Waals surface area contributed by atoms with E-state index in [1.807, 2.05) is 14.1 Å². The molecule has 1 heterocycles. The predicted octanol–water partition coefficient (Wildman–Crippen LogP) is 2.85. The van der Waals surface area contributed by atoms with Crippen LogP contribution in [0.25, 0.3) is 0 Å². The molecule has 0 bridgehead atoms. The van der Waals surface area contributed by atoms with Gasteiger partial charge in [0.25, 0.3) is 0 Å². The van der Waals surface area contributed by atoms with E-state index in [4.69, 9.17) is 4.99 Å². The highest BCUT2D eigenvalue weighted by molar-refractivity contribution is 5.80. The summed E-state index contributed by atoms with van der Waals surface area (Å²) in [6, 6.07) is 9.40. The minimum Gasteiger partial charge on any atom is -0.357 e. The van der Waals surface area contributed by atoms with Crippen molar-refractivity contribution < 1.29 is 4.79 Å². The predicted molar refractivity (Wildman–Crippen MR) is 126 cm³/mol. The molecule has 0 radical (unpaired) electrons. The fraction of sp³-hybridized carbons (Fsp3) is 0.667. The second-order valence-corrected chi connectivity index (χ2v) is 8.74. The summed E-state index contributed by atoms with van der Waals surface area (Å²) >= 11 is 0. The number of piperidine rings is 1. The first-order valence-corrected chi connectivity index (χ1v) is 11.4. The zero-order valence-electron chi connectivity index (χ0n) is 19.6. The van der Waals surface area contributed by atoms with Crippen LogP contribution in [0.1, 0.15) is 57.1 Å². The van der Waals surface area contributed by atoms with Crippen molar-refractivity contribution in [3.05, 3.63) is 35.4 Å². The lowest BCUT2D eigenvalue weighted by molar-refractivity contribution is -0.130. The number of amides is 1. The van der Waals surface area contributed by atoms with E-state index in [2.05, 4.69) is 60.6 Å². The van der Waals surface area contributed by atoms with Gasteiger partial charge in [-0.05, 0) is 49.7 Å². The lowest BCUT2D eigenvalue weighted by Gasteiger charge is -2.33. The Morgan fingerprint density at radius 1 is 1.20 bits per heavy atom. The number of benzene rings is 1. The third-order valence-corrected chi connectivity index (χ3v) is 5.67. The number of nitrogens with zero attached hydrogens (tertiary/aromatic N) is 3. The molecule has 0 unspecified atom stereocenters. The minimum absolute atomic E-state index is 0.176. The number of likely N-dealkylation sites (tertiary alicyclic amines) is 1. The molecule has 0 aliphatic carbocycles. The third-order valence-electron chi connectivity index (χ3n) is 5.67. The number of carbonyl (C=O) groups excluding carboxylic acids is 1. The molecular weight excluding hydrogens is 374 g/mol. The number of aryl methyl sites for hydroxylation is 1. The Balaban J connectivity index is 1.74. The Kier molecular flexibility index (Phi) is 10.1. The van der Waals surface area contributed by atoms with Gasteiger partial charge >= 0.3 is 0 Å². The number of aliphatic imine (C=N–C) groups is 1. The highest BCUT2D eigenvalue weighted by Gasteiger charge is 2.21. The van der Waals surface area contributed by atoms with Gasteiger partial charge in [-0.3, -0.25) is 14.7 Å². The molecule has 168 valence electrons. The van der Waals surface area contributed by atoms with Gasteiger partial charge in [0.05, 0.1) is 6.54 Å². The molecule has 1 saturated heterocycles. The number of rotatable bonds is 9. The molecule has 6 heteroatoms. The lowest BCUT2D eigenvalue weighted by Crippen LogP contribution is -2.50. The Hall–Kier alpha value is -2.08. The molecule has 2 N–H and O–H groups in total. The second-order valence-electron chi connectivity index (χ2n) is 8.74. The molecule has 1 fully saturated rings. The normalized spacial score (nSPS) is 16.0. The van der Waals surface area contributed by atoms with Gasteiger partial charge in [0.2, 0.25) is 5.91 Å². The molecule has 1 aromatic rings. The highest BCUT2D eigenvalue weighted by atomic mass is 16.2. The van der Waals surface area contributed by atoms with E-state index in [0.717, 1.165) is 57.8 Å². The van der Waals surface area contributed by atoms with Crippen LogP contribution >= 0.6 is 0 Å². The summed E-state index contributed by atoms with van der Waals surface area (Å²) in [5, 5.41) is 6.96. The van der Waals surface area contributed by atoms with Crippen LogP contribution < -0.4 is 10.6 Å². The van der Waals surface area contributed by atoms with Gasteiger partial charge in [-0.15, -0.1) is 0 Å². The Bertz CT molecular complexity index is 661. The SMILES string of the molecule is CCNC(=NCCCc1ccc(C(C)C)cc1)NC1CCN(CC(=O)N(C)C)CC1. The number of guanidine groups is 1. The standard InChI is InChI=1S/C24H41N5O/c1-6-25-24(26-15-7-8-20-9-11-21(12-10-20)19(2)3)27-22-13-16-29(17-14-22)18-23(30)28(4)5/h9-12,19,22H,6-8,13-18H2,1-5H3,(H2,25,26,27). The summed E-state index contributed by atoms with van der Waals surface area (Å²) in [6.45, 7) is 10.6. The molecule has 0 saturated carbocycles. The molecule has 1 amide bonds. The van der Waals surface area contributed by atoms with Crippen LogP contribution in [0.2, 0.25) is 0 Å². The maximum atomic E-state index is 11.9. The fourth-order valence-corrected chi connectivity index (χ4v) is 3.62. The lowest BCUT2D eigenvalue weighted by atomic mass is 10.0. The van der Waals surface area contributed by atoms with Crippen LogP contribution in [-0.4, -0.2) is 74.5 Å². The van der Waals surface area contributed by atoms with Gasteiger partial charge in [-0.25, -0.2) is 0 Å². The Morgan fingerprint density at radius 2 is 1.87 bits per heavy atom. The van der Waals surface area contributed by atoms with Gasteiger partial charge in [-0.1, -0.05) is 38.1 Å². The number of hydrogen-bond donors (Lipinski definition) is 2. The summed E-state index contributed by atoms with van der Waals surface area (Å²) in [5.41, 5.74) is 2.78. The van der Waals surface area contributed by atoms with Crippen LogP contribution in [0.3, 0.4) is 0 Å². The Labute approximate surface area is 183 Å². The molecule has 1 aliphatic rings. The van der Waals surface area contributed by atoms with Crippen molar-refractivity contribution in [3.63, 3.8) is 0 Å². The number of hydrogen-bond acceptors (Lipinski definition) is 3. The molecule has 1 aliphatic heterocycles. The van der Waals surface area contributed by atoms with E-state index in [-0.39, 0.29) is 5.91 Å². The first kappa shape index (κ1) is 24.2. The summed E-state index contributed by atoms with van der Waals surface area (Å²) < 4.78 is 0. The van der Waals surface area contributed by atoms with E-state index in [0.29, 0.717) is 18.5 Å². The van der Waals surface area contributed by atoms with Gasteiger partial charge < -0.3 is 15.5 Å². The average Bonchev–Trinajstić information content (AvgIpc) is 2.73. The zero-order chi connectivity index (χ0) is 21.9. The van der Waals surface area contributed by atoms with Crippen LogP contribution in [0.5, 0.6) is 0 Å². The second kappa shape index (κ2) is 12.6. The van der Waals surface area contributed by atoms with Gasteiger partial charge in [0, 0.05) is 46.3 Å². The van der Waals surface area contributed by atoms with E-state index < -0.39 is 0 Å². The molecular formula is C24H41N5O. The van der Waals surface area contributed by atoms with Crippen molar-refractivity contribution in [1.82, 2.24) is 20.4 Å². The maximum Gasteiger partial charge on any atom is 0.236 e. The smallest absolute Gasteiger partial charge is 0.236 e. The Morgan fingerprint density at radius 3 is 2.43 bits per heavy atom. The summed E-state index contributed by atoms with van der Waals surface area (Å²) in [5.74, 6) is 1.67. The molecule has 6 nitrogen and oxygen atoms in total. The molecule has 2 rings (SSSR count). The highest BCUT2D eigenvalue weighted by Crippen LogP contribution is 2.15. The molecule has 0 aromatic heterocycles. The van der Waals surface area contributed by atoms with E-state index >= 15 is 0 Å². The molecule has 1 aromatic carbocycles. The summed E-state index contributed by atoms with van der Waals surface area (Å²) in [7, 11) is 3.63. The maximum absolute atomic E-state index is 11.9. The summed E-state index contributed by atoms with van der Waals surface area (Å²) in [4.78, 5) is 20.6. The van der Waals surface area contributed by atoms with E-state index in [1.165, 1.54) is 11.1 Å². The third kappa shape index (κ3) is 8.34. The van der Waals surface area contributed by atoms with Crippen molar-refractivity contribution in [2.75, 3.05) is 46.8 Å². The first-order valence-electron chi connectivity index (χ1n) is 11.4. The molecule has 30 heavy (non-hydrogen) atoms. The topological polar surface area (TPSA) is 60.0 Å². The number of carbonyl (C=O) groups is 1. The van der Waals surface area contributed by atoms with Crippen molar-refractivity contribution in [3.8, 4) is 0 Å². The fourth-order valence-electron chi connectivity index (χ4n) is 3.62. The molecule has 0 spiro atoms. The van der Waals surface area contributed by atoms with Crippen LogP contribution in [0.4, 0.5) is 0 Å². The minimum atomic E-state index is 0.176. The first-order chi connectivity index (χ1) is 14.4. The van der Waals surface area contributed by atoms with Crippen LogP contribution in [-0.2, 0) is 11.2 Å². The van der Waals surface area contributed by atoms with Gasteiger partial charge in [0.15, 0.2) is 5.96 Å². The van der Waals surface area contributed by atoms with Crippen LogP contribution in [0, 0.1) is 0 Å². The van der Waals surface area contributed by atoms with Crippen LogP contribution in [0.15, 0.2) is 29.3 Å².